The fourth-order valence-corrected chi connectivity index (χ4v) is 1.83. The van der Waals surface area contributed by atoms with Crippen LogP contribution in [0.2, 0.25) is 10.0 Å². The van der Waals surface area contributed by atoms with Crippen LogP contribution in [0.1, 0.15) is 6.42 Å². The summed E-state index contributed by atoms with van der Waals surface area (Å²) >= 11 is 11.5. The van der Waals surface area contributed by atoms with Gasteiger partial charge in [0.15, 0.2) is 0 Å². The van der Waals surface area contributed by atoms with E-state index in [1.807, 2.05) is 0 Å². The fourth-order valence-electron chi connectivity index (χ4n) is 1.01. The Morgan fingerprint density at radius 2 is 1.94 bits per heavy atom. The molecule has 1 N–H and O–H groups in total. The Kier molecular flexibility index (Phi) is 8.07. The average molecular weight is 309 g/mol. The van der Waals surface area contributed by atoms with E-state index in [0.29, 0.717) is 15.8 Å². The minimum atomic E-state index is -3.94. The van der Waals surface area contributed by atoms with E-state index in [1.54, 1.807) is 12.1 Å². The normalized spacial score (nSPS) is 10.8. The fraction of sp³-hybridized carbons (Fsp3) is 0.333. The molecule has 0 saturated heterocycles. The standard InChI is InChI=1S/C9H10Cl2O4S.Na.H/c10-7-2-3-8(11)9(6-7)15-4-1-5-16(12,13)14;;/h2-3,6H,1,4-5H2,(H,12,13,14);;. The predicted molar refractivity (Wildman–Crippen MR) is 70.1 cm³/mol. The first kappa shape index (κ1) is 17.5. The van der Waals surface area contributed by atoms with Crippen molar-refractivity contribution in [2.45, 2.75) is 6.42 Å². The van der Waals surface area contributed by atoms with Crippen LogP contribution in [0.25, 0.3) is 0 Å². The number of rotatable bonds is 5. The van der Waals surface area contributed by atoms with Gasteiger partial charge >= 0.3 is 29.6 Å². The zero-order valence-electron chi connectivity index (χ0n) is 8.19. The summed E-state index contributed by atoms with van der Waals surface area (Å²) in [5.41, 5.74) is 0. The third kappa shape index (κ3) is 7.51. The molecule has 0 aromatic heterocycles. The Hall–Kier alpha value is 0.510. The van der Waals surface area contributed by atoms with Crippen molar-refractivity contribution in [2.24, 2.45) is 0 Å². The molecule has 0 fully saturated rings. The van der Waals surface area contributed by atoms with Crippen LogP contribution in [-0.4, -0.2) is 54.9 Å². The molecule has 0 saturated carbocycles. The molecule has 8 heteroatoms. The second-order valence-electron chi connectivity index (χ2n) is 3.06. The molecule has 0 bridgehead atoms. The van der Waals surface area contributed by atoms with Crippen LogP contribution in [0.3, 0.4) is 0 Å². The number of ether oxygens (including phenoxy) is 1. The SMILES string of the molecule is O=S(=O)(O)CCCOc1cc(Cl)ccc1Cl.[NaH]. The zero-order chi connectivity index (χ0) is 12.2. The molecule has 0 heterocycles. The quantitative estimate of drug-likeness (QED) is 0.513. The van der Waals surface area contributed by atoms with E-state index < -0.39 is 10.1 Å². The van der Waals surface area contributed by atoms with Crippen LogP contribution < -0.4 is 4.74 Å². The Labute approximate surface area is 132 Å². The molecule has 0 spiro atoms. The molecular formula is C9H11Cl2NaO4S. The van der Waals surface area contributed by atoms with Gasteiger partial charge in [-0.05, 0) is 18.6 Å². The Morgan fingerprint density at radius 3 is 2.53 bits per heavy atom. The average Bonchev–Trinajstić information content (AvgIpc) is 2.16. The Morgan fingerprint density at radius 1 is 1.29 bits per heavy atom. The summed E-state index contributed by atoms with van der Waals surface area (Å²) in [7, 11) is -3.94. The zero-order valence-corrected chi connectivity index (χ0v) is 10.5. The molecule has 1 aromatic rings. The topological polar surface area (TPSA) is 63.6 Å². The summed E-state index contributed by atoms with van der Waals surface area (Å²) in [4.78, 5) is 0. The van der Waals surface area contributed by atoms with Gasteiger partial charge in [0.2, 0.25) is 0 Å². The third-order valence-electron chi connectivity index (χ3n) is 1.70. The van der Waals surface area contributed by atoms with Gasteiger partial charge in [-0.1, -0.05) is 23.2 Å². The van der Waals surface area contributed by atoms with E-state index in [1.165, 1.54) is 6.07 Å². The molecule has 0 aliphatic carbocycles. The molecule has 4 nitrogen and oxygen atoms in total. The maximum absolute atomic E-state index is 10.4. The van der Waals surface area contributed by atoms with Crippen molar-refractivity contribution in [3.05, 3.63) is 28.2 Å². The number of halogens is 2. The monoisotopic (exact) mass is 308 g/mol. The van der Waals surface area contributed by atoms with Crippen LogP contribution in [0.5, 0.6) is 5.75 Å². The molecule has 0 radical (unpaired) electrons. The summed E-state index contributed by atoms with van der Waals surface area (Å²) in [6, 6.07) is 4.74. The van der Waals surface area contributed by atoms with E-state index in [9.17, 15) is 8.42 Å². The summed E-state index contributed by atoms with van der Waals surface area (Å²) < 4.78 is 34.5. The molecule has 0 amide bonds. The van der Waals surface area contributed by atoms with Crippen LogP contribution in [0.15, 0.2) is 18.2 Å². The van der Waals surface area contributed by atoms with Gasteiger partial charge < -0.3 is 4.74 Å². The first-order valence-electron chi connectivity index (χ1n) is 4.41. The summed E-state index contributed by atoms with van der Waals surface area (Å²) in [5, 5.41) is 0.880. The molecule has 92 valence electrons. The molecule has 0 atom stereocenters. The summed E-state index contributed by atoms with van der Waals surface area (Å²) in [6.07, 6.45) is 0.182. The Balaban J connectivity index is 0.00000256. The first-order chi connectivity index (χ1) is 7.38. The number of hydrogen-bond acceptors (Lipinski definition) is 3. The Bertz CT molecular complexity index is 464. The molecule has 1 rings (SSSR count). The third-order valence-corrected chi connectivity index (χ3v) is 3.05. The van der Waals surface area contributed by atoms with E-state index >= 15 is 0 Å². The van der Waals surface area contributed by atoms with Crippen LogP contribution in [-0.2, 0) is 10.1 Å². The maximum atomic E-state index is 10.4. The van der Waals surface area contributed by atoms with Crippen molar-refractivity contribution < 1.29 is 17.7 Å². The second kappa shape index (κ2) is 7.84. The van der Waals surface area contributed by atoms with Gasteiger partial charge in [0.25, 0.3) is 10.1 Å². The van der Waals surface area contributed by atoms with Crippen molar-refractivity contribution in [3.63, 3.8) is 0 Å². The molecule has 0 aliphatic heterocycles. The molecule has 17 heavy (non-hydrogen) atoms. The van der Waals surface area contributed by atoms with Gasteiger partial charge in [-0.15, -0.1) is 0 Å². The van der Waals surface area contributed by atoms with E-state index in [0.717, 1.165) is 0 Å². The molecule has 0 aliphatic rings. The van der Waals surface area contributed by atoms with Gasteiger partial charge in [-0.2, -0.15) is 8.42 Å². The second-order valence-corrected chi connectivity index (χ2v) is 5.48. The van der Waals surface area contributed by atoms with Gasteiger partial charge in [0.1, 0.15) is 5.75 Å². The summed E-state index contributed by atoms with van der Waals surface area (Å²) in [5.74, 6) is 0.0510. The van der Waals surface area contributed by atoms with Crippen LogP contribution >= 0.6 is 23.2 Å². The van der Waals surface area contributed by atoms with Gasteiger partial charge in [0, 0.05) is 11.1 Å². The van der Waals surface area contributed by atoms with Gasteiger partial charge in [-0.25, -0.2) is 0 Å². The van der Waals surface area contributed by atoms with E-state index in [-0.39, 0.29) is 48.3 Å². The van der Waals surface area contributed by atoms with Gasteiger partial charge in [0.05, 0.1) is 17.4 Å². The van der Waals surface area contributed by atoms with Crippen molar-refractivity contribution in [1.82, 2.24) is 0 Å². The van der Waals surface area contributed by atoms with Gasteiger partial charge in [-0.3, -0.25) is 4.55 Å². The molecule has 0 unspecified atom stereocenters. The predicted octanol–water partition coefficient (Wildman–Crippen LogP) is 2.00. The number of benzene rings is 1. The number of hydrogen-bond donors (Lipinski definition) is 1. The van der Waals surface area contributed by atoms with Crippen molar-refractivity contribution in [2.75, 3.05) is 12.4 Å². The van der Waals surface area contributed by atoms with E-state index in [2.05, 4.69) is 0 Å². The van der Waals surface area contributed by atoms with Crippen molar-refractivity contribution in [1.29, 1.82) is 0 Å². The van der Waals surface area contributed by atoms with Crippen LogP contribution in [0.4, 0.5) is 0 Å². The molecule has 1 aromatic carbocycles. The van der Waals surface area contributed by atoms with Crippen molar-refractivity contribution >= 4 is 62.9 Å². The van der Waals surface area contributed by atoms with Crippen LogP contribution in [0, 0.1) is 0 Å². The summed E-state index contributed by atoms with van der Waals surface area (Å²) in [6.45, 7) is 0.139. The minimum absolute atomic E-state index is 0. The van der Waals surface area contributed by atoms with Crippen molar-refractivity contribution in [3.8, 4) is 5.75 Å². The first-order valence-corrected chi connectivity index (χ1v) is 6.78. The molecular weight excluding hydrogens is 298 g/mol. The van der Waals surface area contributed by atoms with E-state index in [4.69, 9.17) is 32.5 Å².